The Morgan fingerprint density at radius 2 is 1.73 bits per heavy atom. The molecule has 0 amide bonds. The minimum Gasteiger partial charge on any atom is -0.206 e. The Morgan fingerprint density at radius 1 is 0.967 bits per heavy atom. The Bertz CT molecular complexity index is 952. The van der Waals surface area contributed by atoms with Crippen LogP contribution >= 0.6 is 0 Å². The Hall–Kier alpha value is -2.28. The van der Waals surface area contributed by atoms with Gasteiger partial charge in [0.2, 0.25) is 0 Å². The van der Waals surface area contributed by atoms with Crippen molar-refractivity contribution < 1.29 is 13.2 Å². The third-order valence-electron chi connectivity index (χ3n) is 7.18. The van der Waals surface area contributed by atoms with E-state index in [9.17, 15) is 8.78 Å². The topological polar surface area (TPSA) is 23.8 Å². The quantitative estimate of drug-likeness (QED) is 0.463. The summed E-state index contributed by atoms with van der Waals surface area (Å²) in [7, 11) is 0. The highest BCUT2D eigenvalue weighted by Crippen LogP contribution is 2.49. The van der Waals surface area contributed by atoms with Crippen LogP contribution in [0.3, 0.4) is 0 Å². The first-order valence-corrected chi connectivity index (χ1v) is 11.2. The molecule has 0 bridgehead atoms. The Morgan fingerprint density at radius 3 is 2.43 bits per heavy atom. The van der Waals surface area contributed by atoms with Crippen molar-refractivity contribution in [1.82, 2.24) is 0 Å². The van der Waals surface area contributed by atoms with E-state index in [1.54, 1.807) is 12.1 Å². The van der Waals surface area contributed by atoms with Gasteiger partial charge in [-0.05, 0) is 90.8 Å². The monoisotopic (exact) mass is 411 g/mol. The maximum Gasteiger partial charge on any atom is 0.144 e. The fraction of sp³-hybridized carbons (Fsp3) is 0.500. The Labute approximate surface area is 176 Å². The van der Waals surface area contributed by atoms with Crippen molar-refractivity contribution in [1.29, 1.82) is 5.26 Å². The van der Waals surface area contributed by atoms with Gasteiger partial charge in [-0.25, -0.2) is 13.2 Å². The second-order valence-corrected chi connectivity index (χ2v) is 9.04. The lowest BCUT2D eigenvalue weighted by molar-refractivity contribution is 0.199. The van der Waals surface area contributed by atoms with Crippen LogP contribution in [0.4, 0.5) is 13.2 Å². The van der Waals surface area contributed by atoms with E-state index in [2.05, 4.69) is 6.92 Å². The molecule has 0 aromatic heterocycles. The summed E-state index contributed by atoms with van der Waals surface area (Å²) in [5.74, 6) is -0.532. The predicted molar refractivity (Wildman–Crippen MR) is 113 cm³/mol. The van der Waals surface area contributed by atoms with E-state index in [1.165, 1.54) is 44.6 Å². The summed E-state index contributed by atoms with van der Waals surface area (Å²) in [6.07, 6.45) is 10.7. The summed E-state index contributed by atoms with van der Waals surface area (Å²) in [6.45, 7) is 2.23. The molecule has 1 nitrogen and oxygen atoms in total. The standard InChI is InChI=1S/C26H28F3N/c1-2-3-4-5-16-6-9-20-17(10-16)7-8-18-11-22(26(29)14-21(18)20)19-12-24(27)23(15-30)25(28)13-19/h11-14,16-17,20H,2-10H2,1H3. The van der Waals surface area contributed by atoms with E-state index >= 15 is 4.39 Å². The van der Waals surface area contributed by atoms with E-state index in [4.69, 9.17) is 5.26 Å². The summed E-state index contributed by atoms with van der Waals surface area (Å²) in [4.78, 5) is 0. The summed E-state index contributed by atoms with van der Waals surface area (Å²) in [5.41, 5.74) is 1.92. The molecule has 0 N–H and O–H groups in total. The SMILES string of the molecule is CCCCCC1CCC2c3cc(F)c(-c4cc(F)c(C#N)c(F)c4)cc3CCC2C1. The predicted octanol–water partition coefficient (Wildman–Crippen LogP) is 7.67. The van der Waals surface area contributed by atoms with Gasteiger partial charge in [0.05, 0.1) is 0 Å². The van der Waals surface area contributed by atoms with Gasteiger partial charge in [0.1, 0.15) is 29.1 Å². The smallest absolute Gasteiger partial charge is 0.144 e. The summed E-state index contributed by atoms with van der Waals surface area (Å²) in [5, 5.41) is 8.86. The molecule has 3 unspecified atom stereocenters. The number of aryl methyl sites for hydroxylation is 1. The normalized spacial score (nSPS) is 22.8. The van der Waals surface area contributed by atoms with Crippen LogP contribution in [-0.4, -0.2) is 0 Å². The summed E-state index contributed by atoms with van der Waals surface area (Å²) < 4.78 is 43.1. The highest BCUT2D eigenvalue weighted by Gasteiger charge is 2.35. The maximum atomic E-state index is 15.0. The van der Waals surface area contributed by atoms with Crippen LogP contribution < -0.4 is 0 Å². The lowest BCUT2D eigenvalue weighted by Gasteiger charge is -2.41. The number of nitriles is 1. The first-order chi connectivity index (χ1) is 14.5. The maximum absolute atomic E-state index is 15.0. The minimum absolute atomic E-state index is 0.144. The number of nitrogens with zero attached hydrogens (tertiary/aromatic N) is 1. The highest BCUT2D eigenvalue weighted by molar-refractivity contribution is 5.67. The molecule has 3 atom stereocenters. The Balaban J connectivity index is 1.58. The zero-order chi connectivity index (χ0) is 21.3. The molecule has 1 saturated carbocycles. The molecule has 0 heterocycles. The number of rotatable bonds is 5. The molecule has 4 heteroatoms. The fourth-order valence-corrected chi connectivity index (χ4v) is 5.63. The number of hydrogen-bond acceptors (Lipinski definition) is 1. The van der Waals surface area contributed by atoms with Gasteiger partial charge in [-0.1, -0.05) is 32.6 Å². The summed E-state index contributed by atoms with van der Waals surface area (Å²) >= 11 is 0. The highest BCUT2D eigenvalue weighted by atomic mass is 19.1. The Kier molecular flexibility index (Phi) is 6.18. The number of benzene rings is 2. The van der Waals surface area contributed by atoms with Gasteiger partial charge < -0.3 is 0 Å². The first-order valence-electron chi connectivity index (χ1n) is 11.2. The zero-order valence-corrected chi connectivity index (χ0v) is 17.5. The molecule has 0 radical (unpaired) electrons. The summed E-state index contributed by atoms with van der Waals surface area (Å²) in [6, 6.07) is 7.00. The number of unbranched alkanes of at least 4 members (excludes halogenated alkanes) is 2. The van der Waals surface area contributed by atoms with Crippen molar-refractivity contribution >= 4 is 0 Å². The van der Waals surface area contributed by atoms with E-state index in [1.807, 2.05) is 0 Å². The molecule has 158 valence electrons. The van der Waals surface area contributed by atoms with Gasteiger partial charge in [-0.15, -0.1) is 0 Å². The number of fused-ring (bicyclic) bond motifs is 3. The van der Waals surface area contributed by atoms with Crippen molar-refractivity contribution in [3.05, 3.63) is 58.4 Å². The van der Waals surface area contributed by atoms with Crippen molar-refractivity contribution in [2.24, 2.45) is 11.8 Å². The molecular weight excluding hydrogens is 383 g/mol. The van der Waals surface area contributed by atoms with E-state index < -0.39 is 23.0 Å². The number of halogens is 3. The zero-order valence-electron chi connectivity index (χ0n) is 17.5. The van der Waals surface area contributed by atoms with Crippen LogP contribution in [0.25, 0.3) is 11.1 Å². The second kappa shape index (κ2) is 8.84. The van der Waals surface area contributed by atoms with Gasteiger partial charge in [-0.3, -0.25) is 0 Å². The third kappa shape index (κ3) is 4.00. The fourth-order valence-electron chi connectivity index (χ4n) is 5.63. The third-order valence-corrected chi connectivity index (χ3v) is 7.18. The molecule has 2 aromatic carbocycles. The molecule has 1 fully saturated rings. The molecule has 2 aromatic rings. The first kappa shape index (κ1) is 21.0. The molecule has 2 aliphatic rings. The average molecular weight is 412 g/mol. The van der Waals surface area contributed by atoms with Gasteiger partial charge in [0, 0.05) is 5.56 Å². The van der Waals surface area contributed by atoms with E-state index in [-0.39, 0.29) is 11.1 Å². The van der Waals surface area contributed by atoms with E-state index in [0.29, 0.717) is 11.8 Å². The van der Waals surface area contributed by atoms with Crippen LogP contribution in [0.15, 0.2) is 24.3 Å². The van der Waals surface area contributed by atoms with Gasteiger partial charge in [0.25, 0.3) is 0 Å². The largest absolute Gasteiger partial charge is 0.206 e. The molecular formula is C26H28F3N. The number of hydrogen-bond donors (Lipinski definition) is 0. The molecule has 0 spiro atoms. The molecule has 0 aliphatic heterocycles. The second-order valence-electron chi connectivity index (χ2n) is 9.04. The van der Waals surface area contributed by atoms with Crippen molar-refractivity contribution in [3.63, 3.8) is 0 Å². The minimum atomic E-state index is -0.953. The van der Waals surface area contributed by atoms with Crippen LogP contribution in [0.2, 0.25) is 0 Å². The van der Waals surface area contributed by atoms with E-state index in [0.717, 1.165) is 48.4 Å². The van der Waals surface area contributed by atoms with Gasteiger partial charge in [0.15, 0.2) is 0 Å². The molecule has 4 rings (SSSR count). The van der Waals surface area contributed by atoms with Crippen molar-refractivity contribution in [3.8, 4) is 17.2 Å². The van der Waals surface area contributed by atoms with Crippen LogP contribution in [0.1, 0.15) is 80.9 Å². The van der Waals surface area contributed by atoms with Crippen LogP contribution in [0, 0.1) is 40.6 Å². The molecule has 2 aliphatic carbocycles. The van der Waals surface area contributed by atoms with Gasteiger partial charge in [-0.2, -0.15) is 5.26 Å². The molecule has 0 saturated heterocycles. The van der Waals surface area contributed by atoms with Crippen LogP contribution in [0.5, 0.6) is 0 Å². The van der Waals surface area contributed by atoms with Crippen molar-refractivity contribution in [2.45, 2.75) is 70.6 Å². The lowest BCUT2D eigenvalue weighted by Crippen LogP contribution is -2.28. The molecule has 30 heavy (non-hydrogen) atoms. The van der Waals surface area contributed by atoms with Gasteiger partial charge >= 0.3 is 0 Å². The van der Waals surface area contributed by atoms with Crippen molar-refractivity contribution in [2.75, 3.05) is 0 Å². The lowest BCUT2D eigenvalue weighted by atomic mass is 9.64. The van der Waals surface area contributed by atoms with Crippen LogP contribution in [-0.2, 0) is 6.42 Å². The average Bonchev–Trinajstić information content (AvgIpc) is 2.73.